The Labute approximate surface area is 109 Å². The smallest absolute Gasteiger partial charge is 0.229 e. The van der Waals surface area contributed by atoms with Gasteiger partial charge in [-0.1, -0.05) is 12.2 Å². The SMILES string of the molecule is CC(C(=O)NCCc1cc(F)cc(F)c1)C(N)=S. The molecule has 6 heteroatoms. The summed E-state index contributed by atoms with van der Waals surface area (Å²) in [4.78, 5) is 11.6. The predicted octanol–water partition coefficient (Wildman–Crippen LogP) is 1.55. The molecule has 3 nitrogen and oxygen atoms in total. The second-order valence-corrected chi connectivity index (χ2v) is 4.41. The van der Waals surface area contributed by atoms with E-state index in [-0.39, 0.29) is 17.4 Å². The molecule has 0 heterocycles. The molecule has 3 N–H and O–H groups in total. The number of carbonyl (C=O) groups excluding carboxylic acids is 1. The Bertz CT molecular complexity index is 445. The van der Waals surface area contributed by atoms with Crippen LogP contribution in [0.1, 0.15) is 12.5 Å². The van der Waals surface area contributed by atoms with Gasteiger partial charge in [0.15, 0.2) is 0 Å². The minimum absolute atomic E-state index is 0.115. The Morgan fingerprint density at radius 1 is 1.39 bits per heavy atom. The van der Waals surface area contributed by atoms with Crippen LogP contribution in [-0.4, -0.2) is 17.4 Å². The molecule has 1 aromatic rings. The van der Waals surface area contributed by atoms with E-state index >= 15 is 0 Å². The van der Waals surface area contributed by atoms with E-state index in [0.29, 0.717) is 12.0 Å². The Balaban J connectivity index is 2.47. The third kappa shape index (κ3) is 4.37. The molecule has 0 aliphatic rings. The van der Waals surface area contributed by atoms with Gasteiger partial charge >= 0.3 is 0 Å². The van der Waals surface area contributed by atoms with Crippen LogP contribution in [-0.2, 0) is 11.2 Å². The van der Waals surface area contributed by atoms with Crippen LogP contribution in [0.3, 0.4) is 0 Å². The van der Waals surface area contributed by atoms with Gasteiger partial charge in [-0.15, -0.1) is 0 Å². The van der Waals surface area contributed by atoms with Gasteiger partial charge in [0.25, 0.3) is 0 Å². The van der Waals surface area contributed by atoms with E-state index in [0.717, 1.165) is 6.07 Å². The van der Waals surface area contributed by atoms with Crippen molar-refractivity contribution < 1.29 is 13.6 Å². The van der Waals surface area contributed by atoms with Gasteiger partial charge in [-0.05, 0) is 31.0 Å². The second-order valence-electron chi connectivity index (χ2n) is 3.94. The van der Waals surface area contributed by atoms with Crippen LogP contribution in [0.5, 0.6) is 0 Å². The average Bonchev–Trinajstić information content (AvgIpc) is 2.26. The quantitative estimate of drug-likeness (QED) is 0.800. The van der Waals surface area contributed by atoms with E-state index < -0.39 is 17.6 Å². The van der Waals surface area contributed by atoms with Crippen LogP contribution in [0.2, 0.25) is 0 Å². The number of halogens is 2. The van der Waals surface area contributed by atoms with Gasteiger partial charge in [0.05, 0.1) is 10.9 Å². The summed E-state index contributed by atoms with van der Waals surface area (Å²) >= 11 is 4.69. The number of hydrogen-bond acceptors (Lipinski definition) is 2. The van der Waals surface area contributed by atoms with Gasteiger partial charge in [0, 0.05) is 12.6 Å². The summed E-state index contributed by atoms with van der Waals surface area (Å²) in [6.07, 6.45) is 0.338. The third-order valence-electron chi connectivity index (χ3n) is 2.46. The zero-order valence-electron chi connectivity index (χ0n) is 9.87. The van der Waals surface area contributed by atoms with Crippen LogP contribution in [0.15, 0.2) is 18.2 Å². The number of amides is 1. The standard InChI is InChI=1S/C12H14F2N2OS/c1-7(11(15)18)12(17)16-3-2-8-4-9(13)6-10(14)5-8/h4-7H,2-3H2,1H3,(H2,15,18)(H,16,17). The van der Waals surface area contributed by atoms with Crippen LogP contribution in [0, 0.1) is 17.6 Å². The molecule has 0 fully saturated rings. The highest BCUT2D eigenvalue weighted by molar-refractivity contribution is 7.80. The Hall–Kier alpha value is -1.56. The molecule has 18 heavy (non-hydrogen) atoms. The first-order valence-electron chi connectivity index (χ1n) is 5.42. The summed E-state index contributed by atoms with van der Waals surface area (Å²) in [5.41, 5.74) is 5.81. The van der Waals surface area contributed by atoms with E-state index in [9.17, 15) is 13.6 Å². The van der Waals surface area contributed by atoms with Gasteiger partial charge in [-0.2, -0.15) is 0 Å². The molecule has 1 rings (SSSR count). The highest BCUT2D eigenvalue weighted by Crippen LogP contribution is 2.08. The normalized spacial score (nSPS) is 11.9. The van der Waals surface area contributed by atoms with Crippen molar-refractivity contribution in [1.29, 1.82) is 0 Å². The fraction of sp³-hybridized carbons (Fsp3) is 0.333. The van der Waals surface area contributed by atoms with Crippen LogP contribution < -0.4 is 11.1 Å². The largest absolute Gasteiger partial charge is 0.393 e. The van der Waals surface area contributed by atoms with Crippen molar-refractivity contribution in [2.45, 2.75) is 13.3 Å². The van der Waals surface area contributed by atoms with Crippen LogP contribution >= 0.6 is 12.2 Å². The molecule has 0 saturated heterocycles. The second kappa shape index (κ2) is 6.39. The lowest BCUT2D eigenvalue weighted by Crippen LogP contribution is -2.37. The highest BCUT2D eigenvalue weighted by Gasteiger charge is 2.14. The molecule has 1 amide bonds. The lowest BCUT2D eigenvalue weighted by atomic mass is 10.1. The summed E-state index contributed by atoms with van der Waals surface area (Å²) in [5.74, 6) is -2.11. The molecule has 0 aromatic heterocycles. The minimum Gasteiger partial charge on any atom is -0.393 e. The number of thiocarbonyl (C=S) groups is 1. The molecule has 0 aliphatic heterocycles. The molecule has 1 atom stereocenters. The first-order chi connectivity index (χ1) is 8.40. The fourth-order valence-corrected chi connectivity index (χ4v) is 1.47. The number of rotatable bonds is 5. The monoisotopic (exact) mass is 272 g/mol. The number of nitrogens with two attached hydrogens (primary N) is 1. The first-order valence-corrected chi connectivity index (χ1v) is 5.83. The zero-order valence-corrected chi connectivity index (χ0v) is 10.7. The summed E-state index contributed by atoms with van der Waals surface area (Å²) in [6, 6.07) is 3.26. The van der Waals surface area contributed by atoms with E-state index in [1.54, 1.807) is 6.92 Å². The maximum atomic E-state index is 12.9. The maximum Gasteiger partial charge on any atom is 0.229 e. The summed E-state index contributed by atoms with van der Waals surface area (Å²) in [6.45, 7) is 1.87. The van der Waals surface area contributed by atoms with Gasteiger partial charge in [-0.25, -0.2) is 8.78 Å². The summed E-state index contributed by atoms with van der Waals surface area (Å²) < 4.78 is 25.8. The van der Waals surface area contributed by atoms with E-state index in [2.05, 4.69) is 5.32 Å². The van der Waals surface area contributed by atoms with Gasteiger partial charge in [0.1, 0.15) is 11.6 Å². The van der Waals surface area contributed by atoms with Gasteiger partial charge in [0.2, 0.25) is 5.91 Å². The van der Waals surface area contributed by atoms with Crippen molar-refractivity contribution in [1.82, 2.24) is 5.32 Å². The molecule has 0 bridgehead atoms. The maximum absolute atomic E-state index is 12.9. The molecule has 0 spiro atoms. The number of nitrogens with one attached hydrogen (secondary N) is 1. The number of benzene rings is 1. The van der Waals surface area contributed by atoms with Crippen molar-refractivity contribution in [2.24, 2.45) is 11.7 Å². The Morgan fingerprint density at radius 3 is 2.44 bits per heavy atom. The van der Waals surface area contributed by atoms with Gasteiger partial charge < -0.3 is 11.1 Å². The van der Waals surface area contributed by atoms with Crippen LogP contribution in [0.25, 0.3) is 0 Å². The molecule has 1 unspecified atom stereocenters. The number of hydrogen-bond donors (Lipinski definition) is 2. The fourth-order valence-electron chi connectivity index (χ4n) is 1.37. The summed E-state index contributed by atoms with van der Waals surface area (Å²) in [7, 11) is 0. The van der Waals surface area contributed by atoms with Crippen molar-refractivity contribution >= 4 is 23.1 Å². The molecule has 0 aliphatic carbocycles. The topological polar surface area (TPSA) is 55.1 Å². The highest BCUT2D eigenvalue weighted by atomic mass is 32.1. The molecule has 1 aromatic carbocycles. The molecule has 0 radical (unpaired) electrons. The Kier molecular flexibility index (Phi) is 5.15. The summed E-state index contributed by atoms with van der Waals surface area (Å²) in [5, 5.41) is 2.60. The van der Waals surface area contributed by atoms with Gasteiger partial charge in [-0.3, -0.25) is 4.79 Å². The van der Waals surface area contributed by atoms with Crippen molar-refractivity contribution in [3.8, 4) is 0 Å². The lowest BCUT2D eigenvalue weighted by Gasteiger charge is -2.10. The number of carbonyl (C=O) groups is 1. The zero-order chi connectivity index (χ0) is 13.7. The molecular formula is C12H14F2N2OS. The lowest BCUT2D eigenvalue weighted by molar-refractivity contribution is -0.122. The van der Waals surface area contributed by atoms with E-state index in [1.165, 1.54) is 12.1 Å². The van der Waals surface area contributed by atoms with Crippen molar-refractivity contribution in [3.05, 3.63) is 35.4 Å². The average molecular weight is 272 g/mol. The van der Waals surface area contributed by atoms with Crippen LogP contribution in [0.4, 0.5) is 8.78 Å². The van der Waals surface area contributed by atoms with E-state index in [4.69, 9.17) is 18.0 Å². The molecular weight excluding hydrogens is 258 g/mol. The Morgan fingerprint density at radius 2 is 1.94 bits per heavy atom. The van der Waals surface area contributed by atoms with E-state index in [1.807, 2.05) is 0 Å². The first kappa shape index (κ1) is 14.5. The third-order valence-corrected chi connectivity index (χ3v) is 2.81. The molecule has 98 valence electrons. The van der Waals surface area contributed by atoms with Crippen molar-refractivity contribution in [2.75, 3.05) is 6.54 Å². The minimum atomic E-state index is -0.632. The predicted molar refractivity (Wildman–Crippen MR) is 69.0 cm³/mol. The van der Waals surface area contributed by atoms with Crippen molar-refractivity contribution in [3.63, 3.8) is 0 Å². The molecule has 0 saturated carbocycles.